The fourth-order valence-electron chi connectivity index (χ4n) is 3.68. The quantitative estimate of drug-likeness (QED) is 0.835. The second-order valence-electron chi connectivity index (χ2n) is 6.97. The number of carbonyl (C=O) groups excluding carboxylic acids is 1. The van der Waals surface area contributed by atoms with E-state index in [1.165, 1.54) is 12.8 Å². The number of hydrogen-bond acceptors (Lipinski definition) is 4. The number of carbonyl (C=O) groups is 1. The number of fused-ring (bicyclic) bond motifs is 1. The van der Waals surface area contributed by atoms with Gasteiger partial charge in [0, 0.05) is 18.2 Å². The van der Waals surface area contributed by atoms with Crippen molar-refractivity contribution in [1.82, 2.24) is 9.80 Å². The van der Waals surface area contributed by atoms with Crippen LogP contribution in [0, 0.1) is 0 Å². The molecule has 1 aromatic rings. The van der Waals surface area contributed by atoms with Crippen molar-refractivity contribution >= 4 is 5.91 Å². The minimum atomic E-state index is -0.0293. The first-order valence-electron chi connectivity index (χ1n) is 8.91. The number of rotatable bonds is 2. The molecule has 132 valence electrons. The molecule has 1 saturated heterocycles. The Morgan fingerprint density at radius 3 is 2.92 bits per heavy atom. The van der Waals surface area contributed by atoms with Crippen LogP contribution in [0.3, 0.4) is 0 Å². The number of likely N-dealkylation sites (tertiary alicyclic amines) is 1. The molecule has 0 bridgehead atoms. The molecule has 0 radical (unpaired) electrons. The number of hydrogen-bond donors (Lipinski definition) is 0. The summed E-state index contributed by atoms with van der Waals surface area (Å²) in [6.07, 6.45) is 4.46. The van der Waals surface area contributed by atoms with Crippen molar-refractivity contribution in [2.45, 2.75) is 51.3 Å². The fourth-order valence-corrected chi connectivity index (χ4v) is 3.68. The molecular weight excluding hydrogens is 304 g/mol. The smallest absolute Gasteiger partial charge is 0.240 e. The van der Waals surface area contributed by atoms with Gasteiger partial charge in [-0.2, -0.15) is 0 Å². The Bertz CT molecular complexity index is 590. The molecule has 2 aliphatic rings. The molecule has 0 aromatic heterocycles. The number of ether oxygens (including phenoxy) is 2. The van der Waals surface area contributed by atoms with E-state index in [0.29, 0.717) is 13.1 Å². The van der Waals surface area contributed by atoms with Crippen LogP contribution in [-0.2, 0) is 11.3 Å². The van der Waals surface area contributed by atoms with Gasteiger partial charge in [-0.1, -0.05) is 12.8 Å². The lowest BCUT2D eigenvalue weighted by molar-refractivity contribution is -0.138. The molecule has 0 spiro atoms. The highest BCUT2D eigenvalue weighted by atomic mass is 16.5. The van der Waals surface area contributed by atoms with Crippen LogP contribution in [0.1, 0.15) is 38.2 Å². The number of likely N-dealkylation sites (N-methyl/N-ethyl adjacent to an activating group) is 1. The van der Waals surface area contributed by atoms with Gasteiger partial charge >= 0.3 is 0 Å². The summed E-state index contributed by atoms with van der Waals surface area (Å²) >= 11 is 0. The molecule has 2 unspecified atom stereocenters. The van der Waals surface area contributed by atoms with Crippen LogP contribution in [0.25, 0.3) is 0 Å². The average molecular weight is 332 g/mol. The molecule has 0 aliphatic carbocycles. The van der Waals surface area contributed by atoms with E-state index in [4.69, 9.17) is 9.47 Å². The van der Waals surface area contributed by atoms with Crippen LogP contribution < -0.4 is 9.47 Å². The first-order chi connectivity index (χ1) is 11.6. The van der Waals surface area contributed by atoms with Gasteiger partial charge in [0.25, 0.3) is 0 Å². The van der Waals surface area contributed by atoms with Gasteiger partial charge in [-0.05, 0) is 45.5 Å². The van der Waals surface area contributed by atoms with E-state index in [-0.39, 0.29) is 18.1 Å². The van der Waals surface area contributed by atoms with Crippen molar-refractivity contribution in [2.75, 3.05) is 27.2 Å². The van der Waals surface area contributed by atoms with Crippen LogP contribution in [0.5, 0.6) is 11.5 Å². The molecule has 2 atom stereocenters. The van der Waals surface area contributed by atoms with E-state index >= 15 is 0 Å². The minimum absolute atomic E-state index is 0.000464. The maximum atomic E-state index is 13.2. The van der Waals surface area contributed by atoms with E-state index in [1.54, 1.807) is 7.11 Å². The predicted octanol–water partition coefficient (Wildman–Crippen LogP) is 2.68. The van der Waals surface area contributed by atoms with Crippen molar-refractivity contribution < 1.29 is 14.3 Å². The summed E-state index contributed by atoms with van der Waals surface area (Å²) in [6, 6.07) is 5.85. The summed E-state index contributed by atoms with van der Waals surface area (Å²) in [4.78, 5) is 17.3. The lowest BCUT2D eigenvalue weighted by atomic mass is 10.1. The number of benzene rings is 1. The molecule has 5 nitrogen and oxygen atoms in total. The third-order valence-electron chi connectivity index (χ3n) is 5.06. The van der Waals surface area contributed by atoms with Crippen molar-refractivity contribution in [3.8, 4) is 11.5 Å². The topological polar surface area (TPSA) is 42.0 Å². The molecule has 0 saturated carbocycles. The van der Waals surface area contributed by atoms with Gasteiger partial charge in [0.15, 0.2) is 0 Å². The second-order valence-corrected chi connectivity index (χ2v) is 6.97. The summed E-state index contributed by atoms with van der Waals surface area (Å²) in [5.74, 6) is 1.84. The summed E-state index contributed by atoms with van der Waals surface area (Å²) in [5, 5.41) is 0. The molecule has 2 aliphatic heterocycles. The molecule has 2 heterocycles. The summed E-state index contributed by atoms with van der Waals surface area (Å²) < 4.78 is 11.3. The molecule has 1 fully saturated rings. The Hall–Kier alpha value is -1.75. The standard InChI is InChI=1S/C19H28N2O3/c1-14-12-21(19(22)17-7-5-4-6-10-20(17)2)13-15-8-9-16(23-3)11-18(15)24-14/h8-9,11,14,17H,4-7,10,12-13H2,1-3H3. The highest BCUT2D eigenvalue weighted by Crippen LogP contribution is 2.30. The number of amides is 1. The first kappa shape index (κ1) is 17.1. The molecule has 24 heavy (non-hydrogen) atoms. The van der Waals surface area contributed by atoms with Crippen LogP contribution in [0.15, 0.2) is 18.2 Å². The van der Waals surface area contributed by atoms with Crippen LogP contribution in [-0.4, -0.2) is 55.1 Å². The Balaban J connectivity index is 1.81. The van der Waals surface area contributed by atoms with E-state index in [9.17, 15) is 4.79 Å². The van der Waals surface area contributed by atoms with Crippen LogP contribution in [0.4, 0.5) is 0 Å². The lowest BCUT2D eigenvalue weighted by Gasteiger charge is -2.31. The molecule has 0 N–H and O–H groups in total. The van der Waals surface area contributed by atoms with Gasteiger partial charge in [0.05, 0.1) is 19.7 Å². The predicted molar refractivity (Wildman–Crippen MR) is 93.4 cm³/mol. The third kappa shape index (κ3) is 3.66. The Labute approximate surface area is 144 Å². The van der Waals surface area contributed by atoms with Gasteiger partial charge in [-0.25, -0.2) is 0 Å². The zero-order valence-electron chi connectivity index (χ0n) is 15.0. The molecule has 3 rings (SSSR count). The van der Waals surface area contributed by atoms with Crippen molar-refractivity contribution in [1.29, 1.82) is 0 Å². The van der Waals surface area contributed by atoms with Crippen LogP contribution >= 0.6 is 0 Å². The van der Waals surface area contributed by atoms with Gasteiger partial charge in [0.1, 0.15) is 17.6 Å². The number of nitrogens with zero attached hydrogens (tertiary/aromatic N) is 2. The third-order valence-corrected chi connectivity index (χ3v) is 5.06. The molecule has 5 heteroatoms. The average Bonchev–Trinajstić information content (AvgIpc) is 2.88. The molecule has 1 amide bonds. The Morgan fingerprint density at radius 2 is 2.12 bits per heavy atom. The maximum absolute atomic E-state index is 13.2. The largest absolute Gasteiger partial charge is 0.497 e. The maximum Gasteiger partial charge on any atom is 0.240 e. The first-order valence-corrected chi connectivity index (χ1v) is 8.91. The summed E-state index contributed by atoms with van der Waals surface area (Å²) in [6.45, 7) is 4.25. The van der Waals surface area contributed by atoms with E-state index in [0.717, 1.165) is 36.4 Å². The highest BCUT2D eigenvalue weighted by Gasteiger charge is 2.31. The Kier molecular flexibility index (Phi) is 5.29. The molecule has 1 aromatic carbocycles. The minimum Gasteiger partial charge on any atom is -0.497 e. The van der Waals surface area contributed by atoms with Crippen molar-refractivity contribution in [3.05, 3.63) is 23.8 Å². The summed E-state index contributed by atoms with van der Waals surface area (Å²) in [5.41, 5.74) is 1.05. The monoisotopic (exact) mass is 332 g/mol. The van der Waals surface area contributed by atoms with Crippen molar-refractivity contribution in [2.24, 2.45) is 0 Å². The zero-order valence-corrected chi connectivity index (χ0v) is 15.0. The van der Waals surface area contributed by atoms with E-state index < -0.39 is 0 Å². The fraction of sp³-hybridized carbons (Fsp3) is 0.632. The van der Waals surface area contributed by atoms with Gasteiger partial charge in [-0.3, -0.25) is 9.69 Å². The van der Waals surface area contributed by atoms with Gasteiger partial charge < -0.3 is 14.4 Å². The SMILES string of the molecule is COc1ccc2c(c1)OC(C)CN(C(=O)C1CCCCCN1C)C2. The van der Waals surface area contributed by atoms with E-state index in [2.05, 4.69) is 11.9 Å². The normalized spacial score (nSPS) is 25.2. The zero-order chi connectivity index (χ0) is 17.1. The van der Waals surface area contributed by atoms with Gasteiger partial charge in [0.2, 0.25) is 5.91 Å². The highest BCUT2D eigenvalue weighted by molar-refractivity contribution is 5.82. The number of methoxy groups -OCH3 is 1. The molecular formula is C19H28N2O3. The van der Waals surface area contributed by atoms with E-state index in [1.807, 2.05) is 30.0 Å². The van der Waals surface area contributed by atoms with Crippen LogP contribution in [0.2, 0.25) is 0 Å². The summed E-state index contributed by atoms with van der Waals surface area (Å²) in [7, 11) is 3.73. The second kappa shape index (κ2) is 7.43. The Morgan fingerprint density at radius 1 is 1.29 bits per heavy atom. The van der Waals surface area contributed by atoms with Crippen molar-refractivity contribution in [3.63, 3.8) is 0 Å². The lowest BCUT2D eigenvalue weighted by Crippen LogP contribution is -2.48. The van der Waals surface area contributed by atoms with Gasteiger partial charge in [-0.15, -0.1) is 0 Å².